The summed E-state index contributed by atoms with van der Waals surface area (Å²) in [5.41, 5.74) is 4.21. The quantitative estimate of drug-likeness (QED) is 0.572. The number of benzene rings is 3. The van der Waals surface area contributed by atoms with E-state index in [1.54, 1.807) is 0 Å². The van der Waals surface area contributed by atoms with E-state index in [1.807, 2.05) is 31.2 Å². The summed E-state index contributed by atoms with van der Waals surface area (Å²) < 4.78 is 33.7. The fraction of sp³-hybridized carbons (Fsp3) is 0.174. The molecule has 3 aromatic carbocycles. The molecule has 0 unspecified atom stereocenters. The van der Waals surface area contributed by atoms with Crippen LogP contribution in [0.1, 0.15) is 29.7 Å². The Morgan fingerprint density at radius 1 is 0.815 bits per heavy atom. The third-order valence-electron chi connectivity index (χ3n) is 4.81. The molecule has 4 heteroatoms. The van der Waals surface area contributed by atoms with Crippen LogP contribution in [0.2, 0.25) is 0 Å². The molecule has 1 heterocycles. The first kappa shape index (κ1) is 17.4. The molecule has 2 nitrogen and oxygen atoms in total. The third-order valence-corrected chi connectivity index (χ3v) is 4.81. The molecule has 0 saturated heterocycles. The van der Waals surface area contributed by atoms with Gasteiger partial charge in [-0.3, -0.25) is 0 Å². The first-order chi connectivity index (χ1) is 13.0. The van der Waals surface area contributed by atoms with E-state index in [0.717, 1.165) is 16.7 Å². The minimum Gasteiger partial charge on any atom is -0.472 e. The number of nitrogens with zero attached hydrogens (tertiary/aromatic N) is 1. The van der Waals surface area contributed by atoms with Gasteiger partial charge in [0.2, 0.25) is 5.90 Å². The number of aryl methyl sites for hydroxylation is 1. The predicted molar refractivity (Wildman–Crippen MR) is 103 cm³/mol. The Hall–Kier alpha value is -3.01. The molecule has 0 radical (unpaired) electrons. The number of aliphatic imine (C=N–C) groups is 1. The van der Waals surface area contributed by atoms with Gasteiger partial charge in [0.15, 0.2) is 0 Å². The molecule has 0 N–H and O–H groups in total. The lowest BCUT2D eigenvalue weighted by Crippen LogP contribution is -2.14. The van der Waals surface area contributed by atoms with Gasteiger partial charge in [-0.1, -0.05) is 60.2 Å². The fourth-order valence-electron chi connectivity index (χ4n) is 3.29. The number of hydrogen-bond acceptors (Lipinski definition) is 2. The van der Waals surface area contributed by atoms with E-state index in [2.05, 4.69) is 36.2 Å². The lowest BCUT2D eigenvalue weighted by Gasteiger charge is -2.13. The highest BCUT2D eigenvalue weighted by atomic mass is 19.1. The topological polar surface area (TPSA) is 21.6 Å². The maximum absolute atomic E-state index is 14.0. The standard InChI is InChI=1S/C23H19F2NO/c1-14-6-8-16(9-7-14)17-10-12-18(13-11-17)22-15(2)27-23(26-22)21-19(24)4-3-5-20(21)25/h3-13,15,22H,1-2H3/t15-,22+/m0/s1. The zero-order chi connectivity index (χ0) is 19.0. The lowest BCUT2D eigenvalue weighted by molar-refractivity contribution is 0.213. The molecular weight excluding hydrogens is 344 g/mol. The van der Waals surface area contributed by atoms with Crippen molar-refractivity contribution >= 4 is 5.90 Å². The van der Waals surface area contributed by atoms with E-state index in [4.69, 9.17) is 4.74 Å². The average molecular weight is 363 g/mol. The summed E-state index contributed by atoms with van der Waals surface area (Å²) in [5.74, 6) is -1.32. The monoisotopic (exact) mass is 363 g/mol. The van der Waals surface area contributed by atoms with Crippen LogP contribution >= 0.6 is 0 Å². The van der Waals surface area contributed by atoms with Crippen molar-refractivity contribution in [2.75, 3.05) is 0 Å². The summed E-state index contributed by atoms with van der Waals surface area (Å²) in [6, 6.07) is 19.8. The number of rotatable bonds is 3. The zero-order valence-electron chi connectivity index (χ0n) is 15.1. The second-order valence-electron chi connectivity index (χ2n) is 6.79. The summed E-state index contributed by atoms with van der Waals surface area (Å²) in [5, 5.41) is 0. The van der Waals surface area contributed by atoms with Crippen LogP contribution in [0.3, 0.4) is 0 Å². The Kier molecular flexibility index (Phi) is 4.48. The molecule has 0 amide bonds. The molecule has 4 rings (SSSR count). The SMILES string of the molecule is Cc1ccc(-c2ccc([C@@H]3N=C(c4c(F)cccc4F)O[C@H]3C)cc2)cc1. The van der Waals surface area contributed by atoms with Crippen molar-refractivity contribution in [1.29, 1.82) is 0 Å². The first-order valence-corrected chi connectivity index (χ1v) is 8.89. The summed E-state index contributed by atoms with van der Waals surface area (Å²) >= 11 is 0. The highest BCUT2D eigenvalue weighted by Crippen LogP contribution is 2.33. The molecule has 0 aliphatic carbocycles. The normalized spacial score (nSPS) is 18.9. The zero-order valence-corrected chi connectivity index (χ0v) is 15.1. The summed E-state index contributed by atoms with van der Waals surface area (Å²) in [6.07, 6.45) is -0.302. The van der Waals surface area contributed by atoms with Crippen LogP contribution in [0.15, 0.2) is 71.7 Å². The van der Waals surface area contributed by atoms with Crippen molar-refractivity contribution in [1.82, 2.24) is 0 Å². The fourth-order valence-corrected chi connectivity index (χ4v) is 3.29. The highest BCUT2D eigenvalue weighted by Gasteiger charge is 2.31. The van der Waals surface area contributed by atoms with Crippen LogP contribution in [0.25, 0.3) is 11.1 Å². The van der Waals surface area contributed by atoms with Crippen molar-refractivity contribution in [3.05, 3.63) is 95.1 Å². The van der Waals surface area contributed by atoms with Gasteiger partial charge in [0, 0.05) is 0 Å². The molecule has 0 saturated carbocycles. The van der Waals surface area contributed by atoms with Crippen LogP contribution in [0, 0.1) is 18.6 Å². The molecule has 136 valence electrons. The Bertz CT molecular complexity index is 974. The Balaban J connectivity index is 1.63. The minimum absolute atomic E-state index is 0.0192. The van der Waals surface area contributed by atoms with Crippen molar-refractivity contribution in [2.24, 2.45) is 4.99 Å². The maximum Gasteiger partial charge on any atom is 0.223 e. The van der Waals surface area contributed by atoms with Crippen molar-refractivity contribution in [2.45, 2.75) is 26.0 Å². The van der Waals surface area contributed by atoms with Gasteiger partial charge >= 0.3 is 0 Å². The Morgan fingerprint density at radius 2 is 1.37 bits per heavy atom. The molecule has 0 bridgehead atoms. The third kappa shape index (κ3) is 3.35. The van der Waals surface area contributed by atoms with Crippen molar-refractivity contribution < 1.29 is 13.5 Å². The lowest BCUT2D eigenvalue weighted by atomic mass is 9.98. The van der Waals surface area contributed by atoms with Gasteiger partial charge in [-0.25, -0.2) is 13.8 Å². The van der Waals surface area contributed by atoms with Crippen LogP contribution in [0.4, 0.5) is 8.78 Å². The number of halogens is 2. The number of ether oxygens (including phenoxy) is 1. The molecule has 0 aromatic heterocycles. The molecule has 0 spiro atoms. The van der Waals surface area contributed by atoms with E-state index < -0.39 is 11.6 Å². The van der Waals surface area contributed by atoms with Crippen LogP contribution in [-0.2, 0) is 4.74 Å². The van der Waals surface area contributed by atoms with Gasteiger partial charge in [0.05, 0.1) is 0 Å². The van der Waals surface area contributed by atoms with Crippen LogP contribution in [-0.4, -0.2) is 12.0 Å². The molecule has 3 aromatic rings. The summed E-state index contributed by atoms with van der Waals surface area (Å²) in [7, 11) is 0. The molecule has 1 aliphatic heterocycles. The first-order valence-electron chi connectivity index (χ1n) is 8.89. The van der Waals surface area contributed by atoms with Crippen LogP contribution in [0.5, 0.6) is 0 Å². The van der Waals surface area contributed by atoms with Gasteiger partial charge < -0.3 is 4.74 Å². The van der Waals surface area contributed by atoms with E-state index in [0.29, 0.717) is 0 Å². The predicted octanol–water partition coefficient (Wildman–Crippen LogP) is 5.85. The highest BCUT2D eigenvalue weighted by molar-refractivity contribution is 5.96. The molecule has 2 atom stereocenters. The molecule has 27 heavy (non-hydrogen) atoms. The van der Waals surface area contributed by atoms with E-state index >= 15 is 0 Å². The molecular formula is C23H19F2NO. The average Bonchev–Trinajstić information content (AvgIpc) is 3.04. The summed E-state index contributed by atoms with van der Waals surface area (Å²) in [6.45, 7) is 3.91. The second-order valence-corrected chi connectivity index (χ2v) is 6.79. The van der Waals surface area contributed by atoms with Crippen molar-refractivity contribution in [3.63, 3.8) is 0 Å². The van der Waals surface area contributed by atoms with Crippen LogP contribution < -0.4 is 0 Å². The van der Waals surface area contributed by atoms with E-state index in [9.17, 15) is 8.78 Å². The number of hydrogen-bond donors (Lipinski definition) is 0. The minimum atomic E-state index is -0.670. The molecule has 0 fully saturated rings. The second kappa shape index (κ2) is 6.95. The van der Waals surface area contributed by atoms with E-state index in [-0.39, 0.29) is 23.6 Å². The Labute approximate surface area is 157 Å². The van der Waals surface area contributed by atoms with Gasteiger partial charge in [-0.05, 0) is 42.7 Å². The maximum atomic E-state index is 14.0. The van der Waals surface area contributed by atoms with E-state index in [1.165, 1.54) is 23.8 Å². The van der Waals surface area contributed by atoms with Gasteiger partial charge in [0.1, 0.15) is 29.3 Å². The smallest absolute Gasteiger partial charge is 0.223 e. The Morgan fingerprint density at radius 3 is 1.96 bits per heavy atom. The van der Waals surface area contributed by atoms with Crippen molar-refractivity contribution in [3.8, 4) is 11.1 Å². The molecule has 1 aliphatic rings. The van der Waals surface area contributed by atoms with Gasteiger partial charge in [0.25, 0.3) is 0 Å². The van der Waals surface area contributed by atoms with Gasteiger partial charge in [-0.15, -0.1) is 0 Å². The summed E-state index contributed by atoms with van der Waals surface area (Å²) in [4.78, 5) is 4.46. The van der Waals surface area contributed by atoms with Gasteiger partial charge in [-0.2, -0.15) is 0 Å². The largest absolute Gasteiger partial charge is 0.472 e.